The average Bonchev–Trinajstić information content (AvgIpc) is 3.07. The van der Waals surface area contributed by atoms with Crippen LogP contribution in [0, 0.1) is 13.8 Å². The zero-order chi connectivity index (χ0) is 22.7. The number of carbonyl (C=O) groups excluding carboxylic acids is 1. The summed E-state index contributed by atoms with van der Waals surface area (Å²) in [4.78, 5) is 12.8. The number of benzene rings is 2. The summed E-state index contributed by atoms with van der Waals surface area (Å²) in [5, 5.41) is 7.40. The molecule has 8 heteroatoms. The Hall–Kier alpha value is -2.97. The molecule has 4 rings (SSSR count). The number of nitrogens with one attached hydrogen (secondary N) is 2. The van der Waals surface area contributed by atoms with Crippen LogP contribution in [0.4, 0.5) is 5.69 Å². The van der Waals surface area contributed by atoms with E-state index < -0.39 is 10.0 Å². The summed E-state index contributed by atoms with van der Waals surface area (Å²) in [6, 6.07) is 15.0. The minimum Gasteiger partial charge on any atom is -0.323 e. The summed E-state index contributed by atoms with van der Waals surface area (Å²) in [6.07, 6.45) is 4.18. The first-order valence-electron chi connectivity index (χ1n) is 10.9. The molecule has 7 nitrogen and oxygen atoms in total. The summed E-state index contributed by atoms with van der Waals surface area (Å²) in [5.41, 5.74) is 5.42. The molecule has 0 radical (unpaired) electrons. The molecule has 1 heterocycles. The number of rotatable bonds is 7. The lowest BCUT2D eigenvalue weighted by Gasteiger charge is -2.16. The summed E-state index contributed by atoms with van der Waals surface area (Å²) >= 11 is 0. The van der Waals surface area contributed by atoms with Gasteiger partial charge < -0.3 is 5.32 Å². The highest BCUT2D eigenvalue weighted by atomic mass is 32.2. The Kier molecular flexibility index (Phi) is 6.43. The van der Waals surface area contributed by atoms with Crippen LogP contribution in [0.1, 0.15) is 41.8 Å². The number of aromatic nitrogens is 2. The first-order chi connectivity index (χ1) is 15.3. The first-order valence-corrected chi connectivity index (χ1v) is 12.4. The number of anilines is 1. The van der Waals surface area contributed by atoms with E-state index in [1.54, 1.807) is 16.8 Å². The monoisotopic (exact) mass is 452 g/mol. The summed E-state index contributed by atoms with van der Waals surface area (Å²) in [5.74, 6) is -0.267. The normalized spacial score (nSPS) is 13.6. The van der Waals surface area contributed by atoms with Crippen molar-refractivity contribution in [2.24, 2.45) is 0 Å². The minimum atomic E-state index is -3.66. The van der Waals surface area contributed by atoms with Crippen LogP contribution in [0.15, 0.2) is 53.4 Å². The molecule has 2 aromatic carbocycles. The molecule has 1 amide bonds. The van der Waals surface area contributed by atoms with Crippen LogP contribution in [0.3, 0.4) is 0 Å². The highest BCUT2D eigenvalue weighted by Crippen LogP contribution is 2.25. The molecule has 0 unspecified atom stereocenters. The fourth-order valence-corrected chi connectivity index (χ4v) is 5.19. The van der Waals surface area contributed by atoms with E-state index in [1.165, 1.54) is 5.56 Å². The highest BCUT2D eigenvalue weighted by Gasteiger charge is 2.19. The van der Waals surface area contributed by atoms with Crippen molar-refractivity contribution in [3.8, 4) is 5.69 Å². The van der Waals surface area contributed by atoms with E-state index >= 15 is 0 Å². The second kappa shape index (κ2) is 9.26. The van der Waals surface area contributed by atoms with Crippen molar-refractivity contribution in [2.45, 2.75) is 50.8 Å². The molecule has 0 aliphatic heterocycles. The van der Waals surface area contributed by atoms with Crippen molar-refractivity contribution in [3.05, 3.63) is 71.0 Å². The van der Waals surface area contributed by atoms with Gasteiger partial charge in [-0.2, -0.15) is 5.10 Å². The number of amides is 1. The van der Waals surface area contributed by atoms with E-state index in [2.05, 4.69) is 15.1 Å². The van der Waals surface area contributed by atoms with Gasteiger partial charge in [-0.3, -0.25) is 4.79 Å². The van der Waals surface area contributed by atoms with Gasteiger partial charge in [-0.25, -0.2) is 17.8 Å². The molecule has 1 aromatic heterocycles. The lowest BCUT2D eigenvalue weighted by atomic mass is 9.92. The lowest BCUT2D eigenvalue weighted by Crippen LogP contribution is -2.28. The second-order valence-electron chi connectivity index (χ2n) is 8.13. The molecule has 0 saturated carbocycles. The number of fused-ring (bicyclic) bond motifs is 1. The number of para-hydroxylation sites is 1. The molecule has 0 spiro atoms. The van der Waals surface area contributed by atoms with E-state index in [0.717, 1.165) is 42.6 Å². The maximum atomic E-state index is 12.7. The minimum absolute atomic E-state index is 0.0240. The average molecular weight is 453 g/mol. The maximum absolute atomic E-state index is 12.7. The SMILES string of the molecule is Cc1nn(-c2ccccc2)c(C)c1NC(=O)CCNS(=O)(=O)c1ccc2c(c1)CCCC2. The van der Waals surface area contributed by atoms with Crippen molar-refractivity contribution in [1.82, 2.24) is 14.5 Å². The van der Waals surface area contributed by atoms with Gasteiger partial charge in [0.15, 0.2) is 0 Å². The Balaban J connectivity index is 1.37. The number of carbonyl (C=O) groups is 1. The Bertz CT molecular complexity index is 1230. The Labute approximate surface area is 188 Å². The molecule has 3 aromatic rings. The largest absolute Gasteiger partial charge is 0.323 e. The molecule has 1 aliphatic rings. The van der Waals surface area contributed by atoms with E-state index in [0.29, 0.717) is 11.4 Å². The van der Waals surface area contributed by atoms with Gasteiger partial charge in [0.25, 0.3) is 0 Å². The van der Waals surface area contributed by atoms with Crippen molar-refractivity contribution in [1.29, 1.82) is 0 Å². The van der Waals surface area contributed by atoms with Crippen molar-refractivity contribution < 1.29 is 13.2 Å². The standard InChI is InChI=1S/C24H28N4O3S/c1-17-24(18(2)28(27-17)21-10-4-3-5-11-21)26-23(29)14-15-25-32(30,31)22-13-12-19-8-6-7-9-20(19)16-22/h3-5,10-13,16,25H,6-9,14-15H2,1-2H3,(H,26,29). The summed E-state index contributed by atoms with van der Waals surface area (Å²) in [6.45, 7) is 3.75. The predicted octanol–water partition coefficient (Wildman–Crippen LogP) is 3.68. The van der Waals surface area contributed by atoms with Crippen LogP contribution in [0.2, 0.25) is 0 Å². The van der Waals surface area contributed by atoms with Crippen LogP contribution in [-0.4, -0.2) is 30.7 Å². The van der Waals surface area contributed by atoms with Crippen molar-refractivity contribution >= 4 is 21.6 Å². The molecule has 32 heavy (non-hydrogen) atoms. The van der Waals surface area contributed by atoms with Gasteiger partial charge in [-0.1, -0.05) is 24.3 Å². The van der Waals surface area contributed by atoms with Crippen LogP contribution in [0.25, 0.3) is 5.69 Å². The quantitative estimate of drug-likeness (QED) is 0.572. The van der Waals surface area contributed by atoms with Gasteiger partial charge in [0, 0.05) is 13.0 Å². The van der Waals surface area contributed by atoms with E-state index in [4.69, 9.17) is 0 Å². The van der Waals surface area contributed by atoms with Gasteiger partial charge in [0.1, 0.15) is 0 Å². The number of sulfonamides is 1. The van der Waals surface area contributed by atoms with Crippen molar-refractivity contribution in [2.75, 3.05) is 11.9 Å². The van der Waals surface area contributed by atoms with Crippen LogP contribution in [0.5, 0.6) is 0 Å². The van der Waals surface area contributed by atoms with Gasteiger partial charge in [-0.15, -0.1) is 0 Å². The smallest absolute Gasteiger partial charge is 0.240 e. The zero-order valence-corrected chi connectivity index (χ0v) is 19.2. The maximum Gasteiger partial charge on any atom is 0.240 e. The summed E-state index contributed by atoms with van der Waals surface area (Å²) < 4.78 is 29.7. The number of hydrogen-bond acceptors (Lipinski definition) is 4. The molecule has 0 bridgehead atoms. The molecule has 168 valence electrons. The number of nitrogens with zero attached hydrogens (tertiary/aromatic N) is 2. The van der Waals surface area contributed by atoms with E-state index in [-0.39, 0.29) is 23.8 Å². The predicted molar refractivity (Wildman–Crippen MR) is 125 cm³/mol. The third kappa shape index (κ3) is 4.76. The fraction of sp³-hybridized carbons (Fsp3) is 0.333. The lowest BCUT2D eigenvalue weighted by molar-refractivity contribution is -0.116. The molecular formula is C24H28N4O3S. The Morgan fingerprint density at radius 1 is 1.03 bits per heavy atom. The summed E-state index contributed by atoms with van der Waals surface area (Å²) in [7, 11) is -3.66. The zero-order valence-electron chi connectivity index (χ0n) is 18.4. The van der Waals surface area contributed by atoms with Gasteiger partial charge in [0.05, 0.1) is 27.7 Å². The number of hydrogen-bond donors (Lipinski definition) is 2. The fourth-order valence-electron chi connectivity index (χ4n) is 4.11. The highest BCUT2D eigenvalue weighted by molar-refractivity contribution is 7.89. The van der Waals surface area contributed by atoms with E-state index in [1.807, 2.05) is 50.2 Å². The number of aryl methyl sites for hydroxylation is 3. The van der Waals surface area contributed by atoms with Crippen LogP contribution < -0.4 is 10.0 Å². The Morgan fingerprint density at radius 2 is 1.75 bits per heavy atom. The molecule has 2 N–H and O–H groups in total. The topological polar surface area (TPSA) is 93.1 Å². The Morgan fingerprint density at radius 3 is 2.50 bits per heavy atom. The molecule has 0 fully saturated rings. The molecule has 1 aliphatic carbocycles. The van der Waals surface area contributed by atoms with Crippen LogP contribution in [-0.2, 0) is 27.7 Å². The van der Waals surface area contributed by atoms with Gasteiger partial charge in [-0.05, 0) is 74.9 Å². The molecule has 0 atom stereocenters. The first kappa shape index (κ1) is 22.2. The second-order valence-corrected chi connectivity index (χ2v) is 9.89. The van der Waals surface area contributed by atoms with Gasteiger partial charge >= 0.3 is 0 Å². The molecule has 0 saturated heterocycles. The van der Waals surface area contributed by atoms with E-state index in [9.17, 15) is 13.2 Å². The van der Waals surface area contributed by atoms with Crippen molar-refractivity contribution in [3.63, 3.8) is 0 Å². The van der Waals surface area contributed by atoms with Crippen LogP contribution >= 0.6 is 0 Å². The van der Waals surface area contributed by atoms with Gasteiger partial charge in [0.2, 0.25) is 15.9 Å². The third-order valence-corrected chi connectivity index (χ3v) is 7.29. The molecular weight excluding hydrogens is 424 g/mol. The third-order valence-electron chi connectivity index (χ3n) is 5.83.